The monoisotopic (exact) mass is 497 g/mol. The van der Waals surface area contributed by atoms with Crippen LogP contribution in [0.4, 0.5) is 11.4 Å². The van der Waals surface area contributed by atoms with Crippen LogP contribution in [-0.2, 0) is 14.8 Å². The third kappa shape index (κ3) is 5.05. The summed E-state index contributed by atoms with van der Waals surface area (Å²) < 4.78 is 28.3. The van der Waals surface area contributed by atoms with Gasteiger partial charge in [-0.05, 0) is 55.3 Å². The first kappa shape index (κ1) is 24.1. The summed E-state index contributed by atoms with van der Waals surface area (Å²) in [5, 5.41) is 0.680. The lowest BCUT2D eigenvalue weighted by Gasteiger charge is -2.38. The molecule has 0 aliphatic carbocycles. The van der Waals surface area contributed by atoms with Crippen molar-refractivity contribution >= 4 is 38.9 Å². The first-order valence-electron chi connectivity index (χ1n) is 11.2. The number of aryl methyl sites for hydroxylation is 2. The van der Waals surface area contributed by atoms with Gasteiger partial charge in [-0.3, -0.25) is 9.10 Å². The third-order valence-corrected chi connectivity index (χ3v) is 8.15. The molecule has 0 aromatic heterocycles. The number of amides is 1. The highest BCUT2D eigenvalue weighted by atomic mass is 35.5. The number of para-hydroxylation sites is 1. The molecule has 3 aromatic carbocycles. The molecule has 3 aromatic rings. The lowest BCUT2D eigenvalue weighted by Crippen LogP contribution is -2.52. The molecule has 1 saturated heterocycles. The van der Waals surface area contributed by atoms with Crippen LogP contribution in [0.1, 0.15) is 11.1 Å². The van der Waals surface area contributed by atoms with E-state index in [0.717, 1.165) is 16.8 Å². The van der Waals surface area contributed by atoms with Crippen molar-refractivity contribution in [3.63, 3.8) is 0 Å². The molecule has 0 bridgehead atoms. The van der Waals surface area contributed by atoms with E-state index in [9.17, 15) is 13.2 Å². The minimum Gasteiger partial charge on any atom is -0.368 e. The number of piperazine rings is 1. The molecule has 0 spiro atoms. The van der Waals surface area contributed by atoms with Crippen molar-refractivity contribution in [1.29, 1.82) is 0 Å². The van der Waals surface area contributed by atoms with Crippen molar-refractivity contribution in [2.75, 3.05) is 41.9 Å². The van der Waals surface area contributed by atoms with Crippen molar-refractivity contribution < 1.29 is 13.2 Å². The molecule has 1 aliphatic heterocycles. The maximum absolute atomic E-state index is 13.5. The number of carbonyl (C=O) groups excluding carboxylic acids is 1. The highest BCUT2D eigenvalue weighted by Gasteiger charge is 2.31. The highest BCUT2D eigenvalue weighted by molar-refractivity contribution is 7.92. The van der Waals surface area contributed by atoms with E-state index >= 15 is 0 Å². The Bertz CT molecular complexity index is 1270. The Morgan fingerprint density at radius 2 is 1.53 bits per heavy atom. The summed E-state index contributed by atoms with van der Waals surface area (Å²) in [6.07, 6.45) is 0. The molecule has 0 atom stereocenters. The molecule has 0 radical (unpaired) electrons. The van der Waals surface area contributed by atoms with E-state index in [0.29, 0.717) is 36.9 Å². The molecule has 0 saturated carbocycles. The molecule has 4 rings (SSSR count). The maximum Gasteiger partial charge on any atom is 0.264 e. The van der Waals surface area contributed by atoms with Gasteiger partial charge in [0.25, 0.3) is 10.0 Å². The number of nitrogens with zero attached hydrogens (tertiary/aromatic N) is 3. The Kier molecular flexibility index (Phi) is 7.14. The summed E-state index contributed by atoms with van der Waals surface area (Å²) in [6.45, 7) is 5.97. The molecular weight excluding hydrogens is 470 g/mol. The molecule has 8 heteroatoms. The van der Waals surface area contributed by atoms with Crippen LogP contribution in [0, 0.1) is 13.8 Å². The van der Waals surface area contributed by atoms with Crippen LogP contribution in [0.2, 0.25) is 5.02 Å². The van der Waals surface area contributed by atoms with Gasteiger partial charge in [-0.2, -0.15) is 0 Å². The van der Waals surface area contributed by atoms with E-state index in [1.165, 1.54) is 4.31 Å². The molecule has 1 aliphatic rings. The van der Waals surface area contributed by atoms with Crippen molar-refractivity contribution in [3.8, 4) is 0 Å². The second-order valence-corrected chi connectivity index (χ2v) is 10.7. The average molecular weight is 498 g/mol. The lowest BCUT2D eigenvalue weighted by molar-refractivity contribution is -0.129. The second kappa shape index (κ2) is 10.1. The number of sulfonamides is 1. The van der Waals surface area contributed by atoms with Crippen LogP contribution in [0.5, 0.6) is 0 Å². The number of hydrogen-bond donors (Lipinski definition) is 0. The summed E-state index contributed by atoms with van der Waals surface area (Å²) >= 11 is 6.18. The molecule has 34 heavy (non-hydrogen) atoms. The van der Waals surface area contributed by atoms with Crippen LogP contribution in [0.25, 0.3) is 0 Å². The van der Waals surface area contributed by atoms with Crippen molar-refractivity contribution in [3.05, 3.63) is 88.9 Å². The quantitative estimate of drug-likeness (QED) is 0.503. The second-order valence-electron chi connectivity index (χ2n) is 8.41. The lowest BCUT2D eigenvalue weighted by atomic mass is 10.1. The van der Waals surface area contributed by atoms with Gasteiger partial charge in [0.1, 0.15) is 6.54 Å². The first-order chi connectivity index (χ1) is 16.3. The third-order valence-electron chi connectivity index (χ3n) is 6.14. The molecule has 1 heterocycles. The Balaban J connectivity index is 1.54. The summed E-state index contributed by atoms with van der Waals surface area (Å²) in [7, 11) is -3.91. The van der Waals surface area contributed by atoms with E-state index in [2.05, 4.69) is 4.90 Å². The smallest absolute Gasteiger partial charge is 0.264 e. The van der Waals surface area contributed by atoms with Crippen molar-refractivity contribution in [2.24, 2.45) is 0 Å². The summed E-state index contributed by atoms with van der Waals surface area (Å²) in [5.41, 5.74) is 3.49. The normalized spacial score (nSPS) is 14.2. The zero-order valence-corrected chi connectivity index (χ0v) is 20.9. The van der Waals surface area contributed by atoms with Crippen LogP contribution < -0.4 is 9.21 Å². The van der Waals surface area contributed by atoms with Gasteiger partial charge in [-0.15, -0.1) is 0 Å². The number of hydrogen-bond acceptors (Lipinski definition) is 4. The fraction of sp³-hybridized carbons (Fsp3) is 0.269. The predicted octanol–water partition coefficient (Wildman–Crippen LogP) is 4.50. The topological polar surface area (TPSA) is 60.9 Å². The molecule has 0 N–H and O–H groups in total. The van der Waals surface area contributed by atoms with E-state index in [4.69, 9.17) is 11.6 Å². The summed E-state index contributed by atoms with van der Waals surface area (Å²) in [6, 6.07) is 21.3. The summed E-state index contributed by atoms with van der Waals surface area (Å²) in [5.74, 6) is -0.217. The zero-order valence-electron chi connectivity index (χ0n) is 19.3. The molecule has 6 nitrogen and oxygen atoms in total. The van der Waals surface area contributed by atoms with Gasteiger partial charge in [-0.25, -0.2) is 8.42 Å². The largest absolute Gasteiger partial charge is 0.368 e. The Morgan fingerprint density at radius 1 is 0.882 bits per heavy atom. The van der Waals surface area contributed by atoms with Crippen LogP contribution in [0.3, 0.4) is 0 Å². The minimum absolute atomic E-state index is 0.160. The first-order valence-corrected chi connectivity index (χ1v) is 13.0. The summed E-state index contributed by atoms with van der Waals surface area (Å²) in [4.78, 5) is 17.4. The Morgan fingerprint density at radius 3 is 2.21 bits per heavy atom. The van der Waals surface area contributed by atoms with Crippen LogP contribution in [-0.4, -0.2) is 51.9 Å². The predicted molar refractivity (Wildman–Crippen MR) is 137 cm³/mol. The van der Waals surface area contributed by atoms with Gasteiger partial charge in [0, 0.05) is 36.9 Å². The van der Waals surface area contributed by atoms with Gasteiger partial charge >= 0.3 is 0 Å². The van der Waals surface area contributed by atoms with E-state index in [1.807, 2.05) is 44.2 Å². The van der Waals surface area contributed by atoms with Gasteiger partial charge in [0.05, 0.1) is 10.6 Å². The Hall–Kier alpha value is -3.03. The number of carbonyl (C=O) groups is 1. The van der Waals surface area contributed by atoms with Gasteiger partial charge in [0.2, 0.25) is 5.91 Å². The molecule has 1 amide bonds. The van der Waals surface area contributed by atoms with Crippen LogP contribution >= 0.6 is 11.6 Å². The zero-order chi connectivity index (χ0) is 24.3. The van der Waals surface area contributed by atoms with E-state index in [-0.39, 0.29) is 17.3 Å². The number of halogens is 1. The number of rotatable bonds is 6. The average Bonchev–Trinajstić information content (AvgIpc) is 2.85. The molecule has 1 fully saturated rings. The fourth-order valence-corrected chi connectivity index (χ4v) is 5.87. The van der Waals surface area contributed by atoms with Gasteiger partial charge < -0.3 is 9.80 Å². The minimum atomic E-state index is -3.91. The maximum atomic E-state index is 13.5. The van der Waals surface area contributed by atoms with Gasteiger partial charge in [0.15, 0.2) is 0 Å². The van der Waals surface area contributed by atoms with E-state index in [1.54, 1.807) is 47.4 Å². The SMILES string of the molecule is Cc1ccc(Cl)cc1N1CCN(C(=O)CN(c2ccccc2C)S(=O)(=O)c2ccccc2)CC1. The standard InChI is InChI=1S/C26H28ClN3O3S/c1-20-8-6-7-11-24(20)30(34(32,33)23-9-4-3-5-10-23)19-26(31)29-16-14-28(15-17-29)25-18-22(27)13-12-21(25)2/h3-13,18H,14-17,19H2,1-2H3. The number of benzene rings is 3. The van der Waals surface area contributed by atoms with E-state index < -0.39 is 10.0 Å². The fourth-order valence-electron chi connectivity index (χ4n) is 4.21. The van der Waals surface area contributed by atoms with Crippen LogP contribution in [0.15, 0.2) is 77.7 Å². The highest BCUT2D eigenvalue weighted by Crippen LogP contribution is 2.28. The molecular formula is C26H28ClN3O3S. The molecule has 178 valence electrons. The van der Waals surface area contributed by atoms with Crippen molar-refractivity contribution in [1.82, 2.24) is 4.90 Å². The van der Waals surface area contributed by atoms with Crippen molar-refractivity contribution in [2.45, 2.75) is 18.7 Å². The van der Waals surface area contributed by atoms with Gasteiger partial charge in [-0.1, -0.05) is 54.1 Å². The molecule has 0 unspecified atom stereocenters. The Labute approximate surface area is 206 Å². The number of anilines is 2.